The van der Waals surface area contributed by atoms with E-state index < -0.39 is 0 Å². The summed E-state index contributed by atoms with van der Waals surface area (Å²) < 4.78 is 2.41. The molecule has 138 valence electrons. The minimum absolute atomic E-state index is 0.156. The smallest absolute Gasteiger partial charge is 0.261 e. The van der Waals surface area contributed by atoms with Gasteiger partial charge in [0.25, 0.3) is 11.8 Å². The number of carbonyl (C=O) groups is 3. The van der Waals surface area contributed by atoms with E-state index in [0.29, 0.717) is 22.5 Å². The van der Waals surface area contributed by atoms with Gasteiger partial charge in [-0.25, -0.2) is 4.52 Å². The molecule has 0 unspecified atom stereocenters. The standard InChI is InChI=1S/C17H14BrN5O3S/c1-9-8-27-17-20-16(21-23(9)17)19-13(24)3-2-6-22-14(25)11-5-4-10(18)7-12(11)15(22)26/h4-5,7-8H,2-3,6H2,1H3,(H,19,21,24). The van der Waals surface area contributed by atoms with Gasteiger partial charge >= 0.3 is 0 Å². The SMILES string of the molecule is Cc1csc2nc(NC(=O)CCCN3C(=O)c4ccc(Br)cc4C3=O)nn12. The van der Waals surface area contributed by atoms with Gasteiger partial charge in [0.2, 0.25) is 16.8 Å². The summed E-state index contributed by atoms with van der Waals surface area (Å²) in [6, 6.07) is 5.00. The first-order chi connectivity index (χ1) is 12.9. The quantitative estimate of drug-likeness (QED) is 0.606. The Bertz CT molecular complexity index is 1090. The molecule has 0 atom stereocenters. The van der Waals surface area contributed by atoms with E-state index in [0.717, 1.165) is 10.2 Å². The fraction of sp³-hybridized carbons (Fsp3) is 0.235. The van der Waals surface area contributed by atoms with E-state index in [9.17, 15) is 14.4 Å². The largest absolute Gasteiger partial charge is 0.293 e. The van der Waals surface area contributed by atoms with E-state index in [2.05, 4.69) is 31.3 Å². The number of thiazole rings is 1. The molecule has 0 saturated heterocycles. The zero-order valence-corrected chi connectivity index (χ0v) is 16.6. The molecule has 4 rings (SSSR count). The number of amides is 3. The van der Waals surface area contributed by atoms with Crippen LogP contribution < -0.4 is 5.32 Å². The lowest BCUT2D eigenvalue weighted by Crippen LogP contribution is -2.31. The van der Waals surface area contributed by atoms with Gasteiger partial charge in [0.1, 0.15) is 0 Å². The Morgan fingerprint density at radius 3 is 2.81 bits per heavy atom. The number of fused-ring (bicyclic) bond motifs is 2. The van der Waals surface area contributed by atoms with Gasteiger partial charge in [-0.05, 0) is 31.5 Å². The molecular weight excluding hydrogens is 434 g/mol. The lowest BCUT2D eigenvalue weighted by Gasteiger charge is -2.13. The molecule has 2 aromatic heterocycles. The predicted molar refractivity (Wildman–Crippen MR) is 103 cm³/mol. The minimum Gasteiger partial charge on any atom is -0.293 e. The Hall–Kier alpha value is -2.59. The summed E-state index contributed by atoms with van der Waals surface area (Å²) in [5.41, 5.74) is 1.72. The average Bonchev–Trinajstić information content (AvgIpc) is 3.25. The second-order valence-electron chi connectivity index (χ2n) is 6.11. The Kier molecular flexibility index (Phi) is 4.52. The summed E-state index contributed by atoms with van der Waals surface area (Å²) in [6.07, 6.45) is 0.517. The number of imide groups is 1. The predicted octanol–water partition coefficient (Wildman–Crippen LogP) is 2.88. The molecule has 0 radical (unpaired) electrons. The third-order valence-corrected chi connectivity index (χ3v) is 5.64. The van der Waals surface area contributed by atoms with Crippen molar-refractivity contribution in [2.45, 2.75) is 19.8 Å². The Morgan fingerprint density at radius 1 is 1.26 bits per heavy atom. The van der Waals surface area contributed by atoms with Crippen LogP contribution in [0.4, 0.5) is 5.95 Å². The summed E-state index contributed by atoms with van der Waals surface area (Å²) in [7, 11) is 0. The number of anilines is 1. The molecule has 1 aliphatic rings. The first-order valence-corrected chi connectivity index (χ1v) is 9.88. The molecule has 3 heterocycles. The Balaban J connectivity index is 1.33. The van der Waals surface area contributed by atoms with Crippen LogP contribution in [0.15, 0.2) is 28.1 Å². The molecular formula is C17H14BrN5O3S. The fourth-order valence-electron chi connectivity index (χ4n) is 2.90. The van der Waals surface area contributed by atoms with E-state index >= 15 is 0 Å². The monoisotopic (exact) mass is 447 g/mol. The number of benzene rings is 1. The third kappa shape index (κ3) is 3.26. The minimum atomic E-state index is -0.330. The van der Waals surface area contributed by atoms with Crippen molar-refractivity contribution >= 4 is 55.9 Å². The molecule has 3 amide bonds. The number of rotatable bonds is 5. The molecule has 0 spiro atoms. The zero-order valence-electron chi connectivity index (χ0n) is 14.2. The van der Waals surface area contributed by atoms with Crippen LogP contribution in [0.3, 0.4) is 0 Å². The van der Waals surface area contributed by atoms with Crippen LogP contribution in [0.5, 0.6) is 0 Å². The normalized spacial score (nSPS) is 13.5. The summed E-state index contributed by atoms with van der Waals surface area (Å²) in [4.78, 5) is 43.0. The van der Waals surface area contributed by atoms with Gasteiger partial charge in [0.05, 0.1) is 16.8 Å². The maximum Gasteiger partial charge on any atom is 0.261 e. The average molecular weight is 448 g/mol. The molecule has 10 heteroatoms. The van der Waals surface area contributed by atoms with Crippen LogP contribution in [-0.4, -0.2) is 43.8 Å². The van der Waals surface area contributed by atoms with Gasteiger partial charge in [0.15, 0.2) is 0 Å². The highest BCUT2D eigenvalue weighted by molar-refractivity contribution is 9.10. The molecule has 8 nitrogen and oxygen atoms in total. The zero-order chi connectivity index (χ0) is 19.1. The molecule has 1 N–H and O–H groups in total. The molecule has 0 saturated carbocycles. The van der Waals surface area contributed by atoms with Crippen molar-refractivity contribution in [3.63, 3.8) is 0 Å². The van der Waals surface area contributed by atoms with Crippen LogP contribution in [0.25, 0.3) is 4.96 Å². The van der Waals surface area contributed by atoms with Crippen LogP contribution in [-0.2, 0) is 4.79 Å². The first kappa shape index (κ1) is 17.8. The lowest BCUT2D eigenvalue weighted by molar-refractivity contribution is -0.116. The highest BCUT2D eigenvalue weighted by Crippen LogP contribution is 2.26. The number of aryl methyl sites for hydroxylation is 1. The fourth-order valence-corrected chi connectivity index (χ4v) is 4.06. The number of aromatic nitrogens is 3. The molecule has 0 fully saturated rings. The molecule has 27 heavy (non-hydrogen) atoms. The van der Waals surface area contributed by atoms with Gasteiger partial charge in [-0.1, -0.05) is 15.9 Å². The number of nitrogens with zero attached hydrogens (tertiary/aromatic N) is 4. The second-order valence-corrected chi connectivity index (χ2v) is 7.86. The van der Waals surface area contributed by atoms with Crippen LogP contribution in [0, 0.1) is 6.92 Å². The van der Waals surface area contributed by atoms with Crippen molar-refractivity contribution in [1.82, 2.24) is 19.5 Å². The topological polar surface area (TPSA) is 96.7 Å². The molecule has 0 bridgehead atoms. The van der Waals surface area contributed by atoms with E-state index in [4.69, 9.17) is 0 Å². The van der Waals surface area contributed by atoms with Crippen molar-refractivity contribution in [1.29, 1.82) is 0 Å². The summed E-state index contributed by atoms with van der Waals surface area (Å²) in [5.74, 6) is -0.664. The van der Waals surface area contributed by atoms with Gasteiger partial charge < -0.3 is 0 Å². The van der Waals surface area contributed by atoms with Crippen molar-refractivity contribution in [3.8, 4) is 0 Å². The van der Waals surface area contributed by atoms with Gasteiger partial charge in [-0.15, -0.1) is 16.4 Å². The second kappa shape index (κ2) is 6.86. The number of hydrogen-bond acceptors (Lipinski definition) is 6. The Morgan fingerprint density at radius 2 is 2.04 bits per heavy atom. The van der Waals surface area contributed by atoms with Crippen LogP contribution in [0.2, 0.25) is 0 Å². The van der Waals surface area contributed by atoms with Gasteiger partial charge in [-0.2, -0.15) is 4.98 Å². The Labute approximate surface area is 166 Å². The van der Waals surface area contributed by atoms with Crippen molar-refractivity contribution in [2.75, 3.05) is 11.9 Å². The van der Waals surface area contributed by atoms with E-state index in [1.807, 2.05) is 12.3 Å². The first-order valence-electron chi connectivity index (χ1n) is 8.20. The number of halogens is 1. The molecule has 0 aliphatic carbocycles. The van der Waals surface area contributed by atoms with Crippen molar-refractivity contribution in [3.05, 3.63) is 44.9 Å². The highest BCUT2D eigenvalue weighted by Gasteiger charge is 2.35. The summed E-state index contributed by atoms with van der Waals surface area (Å²) >= 11 is 4.75. The van der Waals surface area contributed by atoms with Gasteiger partial charge in [-0.3, -0.25) is 24.6 Å². The maximum atomic E-state index is 12.4. The number of carbonyl (C=O) groups excluding carboxylic acids is 3. The highest BCUT2D eigenvalue weighted by atomic mass is 79.9. The van der Waals surface area contributed by atoms with Gasteiger partial charge in [0, 0.05) is 22.8 Å². The van der Waals surface area contributed by atoms with E-state index in [-0.39, 0.29) is 36.6 Å². The maximum absolute atomic E-state index is 12.4. The number of hydrogen-bond donors (Lipinski definition) is 1. The third-order valence-electron chi connectivity index (χ3n) is 4.22. The van der Waals surface area contributed by atoms with Crippen molar-refractivity contribution < 1.29 is 14.4 Å². The lowest BCUT2D eigenvalue weighted by atomic mass is 10.1. The molecule has 1 aromatic carbocycles. The van der Waals surface area contributed by atoms with Crippen LogP contribution in [0.1, 0.15) is 39.3 Å². The summed E-state index contributed by atoms with van der Waals surface area (Å²) in [6.45, 7) is 2.09. The van der Waals surface area contributed by atoms with E-state index in [1.54, 1.807) is 22.7 Å². The summed E-state index contributed by atoms with van der Waals surface area (Å²) in [5, 5.41) is 8.80. The van der Waals surface area contributed by atoms with E-state index in [1.165, 1.54) is 16.2 Å². The van der Waals surface area contributed by atoms with Crippen molar-refractivity contribution in [2.24, 2.45) is 0 Å². The number of nitrogens with one attached hydrogen (secondary N) is 1. The molecule has 1 aliphatic heterocycles. The molecule has 3 aromatic rings. The van der Waals surface area contributed by atoms with Crippen LogP contribution >= 0.6 is 27.3 Å².